The van der Waals surface area contributed by atoms with E-state index in [1.165, 1.54) is 0 Å². The Bertz CT molecular complexity index is 162. The highest BCUT2D eigenvalue weighted by Gasteiger charge is 2.08. The minimum absolute atomic E-state index is 0.130. The van der Waals surface area contributed by atoms with Gasteiger partial charge in [-0.2, -0.15) is 0 Å². The third-order valence-corrected chi connectivity index (χ3v) is 2.05. The van der Waals surface area contributed by atoms with Gasteiger partial charge in [0, 0.05) is 19.8 Å². The molecule has 0 spiro atoms. The van der Waals surface area contributed by atoms with Crippen molar-refractivity contribution in [1.29, 1.82) is 0 Å². The second-order valence-electron chi connectivity index (χ2n) is 3.56. The molecule has 0 aromatic rings. The minimum atomic E-state index is -0.130. The Kier molecular flexibility index (Phi) is 9.52. The molecule has 1 unspecified atom stereocenters. The summed E-state index contributed by atoms with van der Waals surface area (Å²) < 4.78 is 9.80. The van der Waals surface area contributed by atoms with Gasteiger partial charge in [0.05, 0.1) is 13.0 Å². The summed E-state index contributed by atoms with van der Waals surface area (Å²) in [7, 11) is 1.71. The van der Waals surface area contributed by atoms with E-state index in [9.17, 15) is 4.79 Å². The van der Waals surface area contributed by atoms with Gasteiger partial charge in [-0.1, -0.05) is 0 Å². The van der Waals surface area contributed by atoms with Crippen molar-refractivity contribution in [3.8, 4) is 0 Å². The number of ether oxygens (including phenoxy) is 2. The standard InChI is InChI=1S/C11H23NO3/c1-4-15-11(13)9-10(2)12-7-5-6-8-14-3/h10,12H,4-9H2,1-3H3. The molecule has 4 heteroatoms. The second kappa shape index (κ2) is 9.93. The van der Waals surface area contributed by atoms with E-state index in [4.69, 9.17) is 9.47 Å². The fraction of sp³-hybridized carbons (Fsp3) is 0.909. The Morgan fingerprint density at radius 2 is 2.13 bits per heavy atom. The third kappa shape index (κ3) is 9.69. The molecule has 0 aromatic heterocycles. The smallest absolute Gasteiger partial charge is 0.307 e. The zero-order valence-corrected chi connectivity index (χ0v) is 10.0. The maximum absolute atomic E-state index is 11.1. The van der Waals surface area contributed by atoms with E-state index in [-0.39, 0.29) is 12.0 Å². The molecule has 0 bridgehead atoms. The van der Waals surface area contributed by atoms with Gasteiger partial charge >= 0.3 is 5.97 Å². The molecule has 0 saturated heterocycles. The number of methoxy groups -OCH3 is 1. The molecule has 0 fully saturated rings. The summed E-state index contributed by atoms with van der Waals surface area (Å²) in [6.07, 6.45) is 2.56. The Balaban J connectivity index is 3.32. The molecular weight excluding hydrogens is 194 g/mol. The molecule has 4 nitrogen and oxygen atoms in total. The highest BCUT2D eigenvalue weighted by atomic mass is 16.5. The number of esters is 1. The molecule has 15 heavy (non-hydrogen) atoms. The quantitative estimate of drug-likeness (QED) is 0.468. The third-order valence-electron chi connectivity index (χ3n) is 2.05. The van der Waals surface area contributed by atoms with E-state index in [1.54, 1.807) is 7.11 Å². The van der Waals surface area contributed by atoms with Crippen molar-refractivity contribution >= 4 is 5.97 Å². The first kappa shape index (κ1) is 14.4. The Hall–Kier alpha value is -0.610. The summed E-state index contributed by atoms with van der Waals surface area (Å²) in [6.45, 7) is 5.99. The SMILES string of the molecule is CCOC(=O)CC(C)NCCCCOC. The monoisotopic (exact) mass is 217 g/mol. The van der Waals surface area contributed by atoms with E-state index < -0.39 is 0 Å². The molecule has 0 saturated carbocycles. The van der Waals surface area contributed by atoms with E-state index in [1.807, 2.05) is 13.8 Å². The Labute approximate surface area is 92.3 Å². The molecule has 90 valence electrons. The normalized spacial score (nSPS) is 12.5. The maximum atomic E-state index is 11.1. The molecule has 0 aliphatic heterocycles. The van der Waals surface area contributed by atoms with Crippen LogP contribution in [0.3, 0.4) is 0 Å². The number of unbranched alkanes of at least 4 members (excludes halogenated alkanes) is 1. The first-order valence-electron chi connectivity index (χ1n) is 5.58. The summed E-state index contributed by atoms with van der Waals surface area (Å²) in [4.78, 5) is 11.1. The Morgan fingerprint density at radius 1 is 1.40 bits per heavy atom. The van der Waals surface area contributed by atoms with Gasteiger partial charge in [-0.15, -0.1) is 0 Å². The van der Waals surface area contributed by atoms with Crippen LogP contribution >= 0.6 is 0 Å². The zero-order valence-electron chi connectivity index (χ0n) is 10.0. The summed E-state index contributed by atoms with van der Waals surface area (Å²) in [5.74, 6) is -0.130. The van der Waals surface area contributed by atoms with E-state index in [0.717, 1.165) is 26.0 Å². The van der Waals surface area contributed by atoms with Gasteiger partial charge in [-0.25, -0.2) is 0 Å². The topological polar surface area (TPSA) is 47.6 Å². The van der Waals surface area contributed by atoms with Gasteiger partial charge in [0.25, 0.3) is 0 Å². The Morgan fingerprint density at radius 3 is 2.73 bits per heavy atom. The first-order valence-corrected chi connectivity index (χ1v) is 5.58. The number of rotatable bonds is 9. The number of carbonyl (C=O) groups excluding carboxylic acids is 1. The zero-order chi connectivity index (χ0) is 11.5. The van der Waals surface area contributed by atoms with Gasteiger partial charge in [-0.3, -0.25) is 4.79 Å². The molecule has 0 amide bonds. The van der Waals surface area contributed by atoms with Crippen LogP contribution in [0.25, 0.3) is 0 Å². The van der Waals surface area contributed by atoms with E-state index >= 15 is 0 Å². The summed E-state index contributed by atoms with van der Waals surface area (Å²) >= 11 is 0. The highest BCUT2D eigenvalue weighted by molar-refractivity contribution is 5.69. The van der Waals surface area contributed by atoms with Crippen LogP contribution < -0.4 is 5.32 Å². The summed E-state index contributed by atoms with van der Waals surface area (Å²) in [6, 6.07) is 0.187. The number of hydrogen-bond acceptors (Lipinski definition) is 4. The van der Waals surface area contributed by atoms with Crippen LogP contribution in [0.15, 0.2) is 0 Å². The van der Waals surface area contributed by atoms with Gasteiger partial charge in [0.1, 0.15) is 0 Å². The van der Waals surface area contributed by atoms with Crippen molar-refractivity contribution in [3.63, 3.8) is 0 Å². The molecule has 1 N–H and O–H groups in total. The van der Waals surface area contributed by atoms with Crippen LogP contribution in [0.4, 0.5) is 0 Å². The van der Waals surface area contributed by atoms with Crippen molar-refractivity contribution < 1.29 is 14.3 Å². The molecular formula is C11H23NO3. The second-order valence-corrected chi connectivity index (χ2v) is 3.56. The van der Waals surface area contributed by atoms with Crippen LogP contribution in [0.2, 0.25) is 0 Å². The number of carbonyl (C=O) groups is 1. The van der Waals surface area contributed by atoms with Crippen molar-refractivity contribution in [2.75, 3.05) is 26.9 Å². The van der Waals surface area contributed by atoms with Crippen LogP contribution in [0.1, 0.15) is 33.1 Å². The average Bonchev–Trinajstić information content (AvgIpc) is 2.17. The lowest BCUT2D eigenvalue weighted by Gasteiger charge is -2.12. The van der Waals surface area contributed by atoms with Gasteiger partial charge in [0.15, 0.2) is 0 Å². The van der Waals surface area contributed by atoms with E-state index in [0.29, 0.717) is 13.0 Å². The molecule has 0 aliphatic carbocycles. The van der Waals surface area contributed by atoms with Crippen LogP contribution in [0, 0.1) is 0 Å². The maximum Gasteiger partial charge on any atom is 0.307 e. The molecule has 0 heterocycles. The van der Waals surface area contributed by atoms with Crippen LogP contribution in [0.5, 0.6) is 0 Å². The number of nitrogens with one attached hydrogen (secondary N) is 1. The van der Waals surface area contributed by atoms with Crippen LogP contribution in [-0.2, 0) is 14.3 Å². The lowest BCUT2D eigenvalue weighted by atomic mass is 10.2. The lowest BCUT2D eigenvalue weighted by Crippen LogP contribution is -2.30. The lowest BCUT2D eigenvalue weighted by molar-refractivity contribution is -0.143. The fourth-order valence-electron chi connectivity index (χ4n) is 1.26. The summed E-state index contributed by atoms with van der Waals surface area (Å²) in [5, 5.41) is 3.27. The molecule has 1 atom stereocenters. The largest absolute Gasteiger partial charge is 0.466 e. The predicted molar refractivity (Wildman–Crippen MR) is 59.8 cm³/mol. The molecule has 0 rings (SSSR count). The number of hydrogen-bond donors (Lipinski definition) is 1. The minimum Gasteiger partial charge on any atom is -0.466 e. The van der Waals surface area contributed by atoms with Gasteiger partial charge in [-0.05, 0) is 33.2 Å². The molecule has 0 radical (unpaired) electrons. The molecule has 0 aliphatic rings. The van der Waals surface area contributed by atoms with Crippen molar-refractivity contribution in [2.45, 2.75) is 39.2 Å². The average molecular weight is 217 g/mol. The highest BCUT2D eigenvalue weighted by Crippen LogP contribution is 1.95. The van der Waals surface area contributed by atoms with Crippen molar-refractivity contribution in [3.05, 3.63) is 0 Å². The van der Waals surface area contributed by atoms with Gasteiger partial charge < -0.3 is 14.8 Å². The van der Waals surface area contributed by atoms with Gasteiger partial charge in [0.2, 0.25) is 0 Å². The van der Waals surface area contributed by atoms with Crippen LogP contribution in [-0.4, -0.2) is 38.9 Å². The fourth-order valence-corrected chi connectivity index (χ4v) is 1.26. The van der Waals surface area contributed by atoms with E-state index in [2.05, 4.69) is 5.32 Å². The van der Waals surface area contributed by atoms with Crippen molar-refractivity contribution in [2.24, 2.45) is 0 Å². The molecule has 0 aromatic carbocycles. The first-order chi connectivity index (χ1) is 7.20. The predicted octanol–water partition coefficient (Wildman–Crippen LogP) is 1.34. The summed E-state index contributed by atoms with van der Waals surface area (Å²) in [5.41, 5.74) is 0. The van der Waals surface area contributed by atoms with Crippen molar-refractivity contribution in [1.82, 2.24) is 5.32 Å².